The van der Waals surface area contributed by atoms with E-state index in [4.69, 9.17) is 4.74 Å². The highest BCUT2D eigenvalue weighted by atomic mass is 16.5. The third kappa shape index (κ3) is 2.07. The van der Waals surface area contributed by atoms with E-state index in [9.17, 15) is 5.11 Å². The van der Waals surface area contributed by atoms with Crippen LogP contribution in [0.25, 0.3) is 0 Å². The van der Waals surface area contributed by atoms with Crippen LogP contribution in [0, 0.1) is 0 Å². The molecule has 1 fully saturated rings. The zero-order chi connectivity index (χ0) is 12.5. The van der Waals surface area contributed by atoms with Gasteiger partial charge in [0.25, 0.3) is 0 Å². The Bertz CT molecular complexity index is 433. The molecule has 2 heterocycles. The van der Waals surface area contributed by atoms with Gasteiger partial charge in [-0.2, -0.15) is 0 Å². The van der Waals surface area contributed by atoms with Gasteiger partial charge in [-0.25, -0.2) is 0 Å². The highest BCUT2D eigenvalue weighted by Crippen LogP contribution is 2.40. The molecule has 2 unspecified atom stereocenters. The molecule has 18 heavy (non-hydrogen) atoms. The molecule has 3 nitrogen and oxygen atoms in total. The zero-order valence-corrected chi connectivity index (χ0v) is 10.9. The van der Waals surface area contributed by atoms with Crippen molar-refractivity contribution < 1.29 is 9.84 Å². The van der Waals surface area contributed by atoms with Crippen molar-refractivity contribution in [3.8, 4) is 11.5 Å². The number of aromatic hydroxyl groups is 1. The van der Waals surface area contributed by atoms with Gasteiger partial charge >= 0.3 is 0 Å². The molecule has 0 amide bonds. The summed E-state index contributed by atoms with van der Waals surface area (Å²) < 4.78 is 5.73. The van der Waals surface area contributed by atoms with Gasteiger partial charge < -0.3 is 9.84 Å². The first-order valence-corrected chi connectivity index (χ1v) is 6.97. The van der Waals surface area contributed by atoms with Gasteiger partial charge in [0, 0.05) is 17.7 Å². The maximum absolute atomic E-state index is 9.50. The van der Waals surface area contributed by atoms with Crippen molar-refractivity contribution in [2.24, 2.45) is 0 Å². The lowest BCUT2D eigenvalue weighted by molar-refractivity contribution is 0.123. The molecule has 98 valence electrons. The van der Waals surface area contributed by atoms with Crippen LogP contribution in [0.3, 0.4) is 0 Å². The van der Waals surface area contributed by atoms with E-state index in [1.807, 2.05) is 6.07 Å². The van der Waals surface area contributed by atoms with Crippen molar-refractivity contribution in [2.75, 3.05) is 13.2 Å². The largest absolute Gasteiger partial charge is 0.508 e. The van der Waals surface area contributed by atoms with Gasteiger partial charge in [-0.15, -0.1) is 0 Å². The molecule has 0 bridgehead atoms. The number of phenols is 1. The average molecular weight is 247 g/mol. The van der Waals surface area contributed by atoms with E-state index in [-0.39, 0.29) is 0 Å². The molecule has 1 aromatic rings. The van der Waals surface area contributed by atoms with Crippen LogP contribution in [0.15, 0.2) is 18.2 Å². The second kappa shape index (κ2) is 4.81. The van der Waals surface area contributed by atoms with Crippen molar-refractivity contribution in [1.29, 1.82) is 0 Å². The Hall–Kier alpha value is -1.22. The first-order valence-electron chi connectivity index (χ1n) is 6.97. The molecule has 1 saturated heterocycles. The monoisotopic (exact) mass is 247 g/mol. The molecule has 2 atom stereocenters. The van der Waals surface area contributed by atoms with Crippen LogP contribution in [-0.2, 0) is 0 Å². The van der Waals surface area contributed by atoms with E-state index in [0.717, 1.165) is 18.9 Å². The van der Waals surface area contributed by atoms with Gasteiger partial charge in [-0.05, 0) is 38.4 Å². The standard InChI is InChI=1S/C15H21NO2/c1-11-5-3-2-4-8-16(11)14-10-18-15-9-12(17)6-7-13(14)15/h6-7,9,11,14,17H,2-5,8,10H2,1H3. The molecular weight excluding hydrogens is 226 g/mol. The number of nitrogens with zero attached hydrogens (tertiary/aromatic N) is 1. The molecule has 3 heteroatoms. The first-order chi connectivity index (χ1) is 8.75. The summed E-state index contributed by atoms with van der Waals surface area (Å²) in [4.78, 5) is 2.58. The average Bonchev–Trinajstić information content (AvgIpc) is 2.64. The van der Waals surface area contributed by atoms with E-state index in [2.05, 4.69) is 11.8 Å². The van der Waals surface area contributed by atoms with Crippen molar-refractivity contribution >= 4 is 0 Å². The normalized spacial score (nSPS) is 28.5. The zero-order valence-electron chi connectivity index (χ0n) is 10.9. The number of benzene rings is 1. The maximum atomic E-state index is 9.50. The molecule has 1 aromatic carbocycles. The number of hydrogen-bond donors (Lipinski definition) is 1. The number of likely N-dealkylation sites (tertiary alicyclic amines) is 1. The van der Waals surface area contributed by atoms with E-state index in [1.54, 1.807) is 12.1 Å². The number of phenolic OH excluding ortho intramolecular Hbond substituents is 1. The first kappa shape index (κ1) is 11.8. The minimum atomic E-state index is 0.290. The Kier molecular flexibility index (Phi) is 3.16. The lowest BCUT2D eigenvalue weighted by Gasteiger charge is -2.32. The summed E-state index contributed by atoms with van der Waals surface area (Å²) in [5, 5.41) is 9.50. The van der Waals surface area contributed by atoms with Crippen molar-refractivity contribution in [1.82, 2.24) is 4.90 Å². The lowest BCUT2D eigenvalue weighted by atomic mass is 10.0. The summed E-state index contributed by atoms with van der Waals surface area (Å²) in [7, 11) is 0. The molecule has 0 radical (unpaired) electrons. The number of ether oxygens (including phenoxy) is 1. The predicted molar refractivity (Wildman–Crippen MR) is 71.0 cm³/mol. The van der Waals surface area contributed by atoms with Gasteiger partial charge in [0.05, 0.1) is 6.04 Å². The van der Waals surface area contributed by atoms with Crippen molar-refractivity contribution in [3.63, 3.8) is 0 Å². The Morgan fingerprint density at radius 3 is 3.06 bits per heavy atom. The number of rotatable bonds is 1. The Morgan fingerprint density at radius 1 is 1.28 bits per heavy atom. The van der Waals surface area contributed by atoms with Gasteiger partial charge in [0.15, 0.2) is 0 Å². The van der Waals surface area contributed by atoms with Crippen LogP contribution in [0.2, 0.25) is 0 Å². The minimum Gasteiger partial charge on any atom is -0.508 e. The molecule has 3 rings (SSSR count). The molecule has 0 saturated carbocycles. The summed E-state index contributed by atoms with van der Waals surface area (Å²) in [5.41, 5.74) is 1.24. The van der Waals surface area contributed by atoms with E-state index >= 15 is 0 Å². The molecule has 0 aliphatic carbocycles. The van der Waals surface area contributed by atoms with Gasteiger partial charge in [-0.3, -0.25) is 4.90 Å². The third-order valence-corrected chi connectivity index (χ3v) is 4.26. The highest BCUT2D eigenvalue weighted by Gasteiger charge is 2.32. The fourth-order valence-corrected chi connectivity index (χ4v) is 3.22. The van der Waals surface area contributed by atoms with Gasteiger partial charge in [-0.1, -0.05) is 12.8 Å². The second-order valence-corrected chi connectivity index (χ2v) is 5.49. The SMILES string of the molecule is CC1CCCCCN1C1COc2cc(O)ccc21. The summed E-state index contributed by atoms with van der Waals surface area (Å²) in [5.74, 6) is 1.15. The highest BCUT2D eigenvalue weighted by molar-refractivity contribution is 5.44. The van der Waals surface area contributed by atoms with Crippen LogP contribution >= 0.6 is 0 Å². The molecule has 0 spiro atoms. The number of fused-ring (bicyclic) bond motifs is 1. The minimum absolute atomic E-state index is 0.290. The van der Waals surface area contributed by atoms with Crippen molar-refractivity contribution in [3.05, 3.63) is 23.8 Å². The smallest absolute Gasteiger partial charge is 0.127 e. The van der Waals surface area contributed by atoms with Crippen LogP contribution in [-0.4, -0.2) is 29.2 Å². The molecule has 1 N–H and O–H groups in total. The van der Waals surface area contributed by atoms with E-state index in [0.29, 0.717) is 17.8 Å². The van der Waals surface area contributed by atoms with E-state index in [1.165, 1.54) is 31.2 Å². The lowest BCUT2D eigenvalue weighted by Crippen LogP contribution is -2.37. The Labute approximate surface area is 108 Å². The quantitative estimate of drug-likeness (QED) is 0.827. The number of hydrogen-bond acceptors (Lipinski definition) is 3. The molecule has 2 aliphatic rings. The maximum Gasteiger partial charge on any atom is 0.127 e. The van der Waals surface area contributed by atoms with Gasteiger partial charge in [0.2, 0.25) is 0 Å². The molecular formula is C15H21NO2. The topological polar surface area (TPSA) is 32.7 Å². The Morgan fingerprint density at radius 2 is 2.17 bits per heavy atom. The second-order valence-electron chi connectivity index (χ2n) is 5.49. The van der Waals surface area contributed by atoms with Crippen LogP contribution in [0.1, 0.15) is 44.2 Å². The summed E-state index contributed by atoms with van der Waals surface area (Å²) in [6.07, 6.45) is 5.25. The summed E-state index contributed by atoms with van der Waals surface area (Å²) >= 11 is 0. The van der Waals surface area contributed by atoms with Gasteiger partial charge in [0.1, 0.15) is 18.1 Å². The fraction of sp³-hybridized carbons (Fsp3) is 0.600. The fourth-order valence-electron chi connectivity index (χ4n) is 3.22. The van der Waals surface area contributed by atoms with Crippen LogP contribution in [0.4, 0.5) is 0 Å². The summed E-state index contributed by atoms with van der Waals surface area (Å²) in [6, 6.07) is 6.51. The Balaban J connectivity index is 1.86. The third-order valence-electron chi connectivity index (χ3n) is 4.26. The predicted octanol–water partition coefficient (Wildman–Crippen LogP) is 3.09. The molecule has 2 aliphatic heterocycles. The van der Waals surface area contributed by atoms with E-state index < -0.39 is 0 Å². The van der Waals surface area contributed by atoms with Crippen LogP contribution in [0.5, 0.6) is 11.5 Å². The summed E-state index contributed by atoms with van der Waals surface area (Å²) in [6.45, 7) is 4.21. The molecule has 0 aromatic heterocycles. The van der Waals surface area contributed by atoms with Crippen LogP contribution < -0.4 is 4.74 Å². The van der Waals surface area contributed by atoms with Crippen molar-refractivity contribution in [2.45, 2.75) is 44.7 Å².